The van der Waals surface area contributed by atoms with Crippen LogP contribution in [-0.2, 0) is 32.7 Å². The normalized spacial score (nSPS) is 13.5. The number of carbonyl (C=O) groups is 2. The molecule has 2 atom stereocenters. The Morgan fingerprint density at radius 1 is 0.369 bits per heavy atom. The summed E-state index contributed by atoms with van der Waals surface area (Å²) in [6, 6.07) is 0. The van der Waals surface area contributed by atoms with Crippen molar-refractivity contribution in [2.75, 3.05) is 47.5 Å². The number of phosphoric ester groups is 1. The SMILES string of the molecule is CCCCCCC/C=C\C/C=C\C/C=C\CCCCCCCCCCCCCCCCCCCCCCCCCCC(=O)OC(COC(=O)CCCCCCCCCCC/C=C\C/C=C\CCCCCCC)COP(=O)(O)OCC[N+](C)(C)C. The number of quaternary nitrogens is 1. The first-order valence-corrected chi connectivity index (χ1v) is 37.5. The van der Waals surface area contributed by atoms with E-state index in [0.29, 0.717) is 17.4 Å². The molecule has 0 aliphatic carbocycles. The number of nitrogens with zero attached hydrogens (tertiary/aromatic N) is 1. The lowest BCUT2D eigenvalue weighted by Crippen LogP contribution is -2.37. The van der Waals surface area contributed by atoms with Crippen LogP contribution in [0.5, 0.6) is 0 Å². The van der Waals surface area contributed by atoms with Gasteiger partial charge in [-0.1, -0.05) is 312 Å². The van der Waals surface area contributed by atoms with Crippen molar-refractivity contribution in [2.24, 2.45) is 0 Å². The summed E-state index contributed by atoms with van der Waals surface area (Å²) in [7, 11) is 1.49. The van der Waals surface area contributed by atoms with E-state index in [9.17, 15) is 19.0 Å². The number of ether oxygens (including phenoxy) is 2. The number of unbranched alkanes of at least 4 members (excludes halogenated alkanes) is 43. The van der Waals surface area contributed by atoms with Crippen molar-refractivity contribution in [2.45, 2.75) is 354 Å². The van der Waals surface area contributed by atoms with Crippen LogP contribution in [0.3, 0.4) is 0 Å². The van der Waals surface area contributed by atoms with Crippen LogP contribution < -0.4 is 0 Å². The molecule has 0 aliphatic rings. The summed E-state index contributed by atoms with van der Waals surface area (Å²) in [5, 5.41) is 0. The summed E-state index contributed by atoms with van der Waals surface area (Å²) in [5.41, 5.74) is 0. The molecular formula is C74H139NO8P+. The van der Waals surface area contributed by atoms with Crippen LogP contribution in [-0.4, -0.2) is 74.9 Å². The van der Waals surface area contributed by atoms with E-state index in [1.165, 1.54) is 263 Å². The van der Waals surface area contributed by atoms with Crippen molar-refractivity contribution in [3.8, 4) is 0 Å². The zero-order chi connectivity index (χ0) is 61.2. The molecule has 0 saturated carbocycles. The Bertz CT molecular complexity index is 1600. The second-order valence-electron chi connectivity index (χ2n) is 25.6. The second kappa shape index (κ2) is 65.2. The number of hydrogen-bond donors (Lipinski definition) is 1. The predicted octanol–water partition coefficient (Wildman–Crippen LogP) is 23.4. The summed E-state index contributed by atoms with van der Waals surface area (Å²) >= 11 is 0. The standard InChI is InChI=1S/C74H138NO8P/c1-6-8-10-12-14-16-18-20-22-24-26-28-29-30-31-32-33-34-35-36-37-38-39-40-41-42-43-44-45-47-49-51-53-55-57-59-61-63-65-67-74(77)83-72(71-82-84(78,79)81-69-68-75(3,4)5)70-80-73(76)66-64-62-60-58-56-54-52-50-48-46-27-25-23-21-19-17-15-13-11-9-7-2/h18-21,24-27,29-30,72H,6-17,22-23,28,31-71H2,1-5H3/p+1/b20-18-,21-19-,26-24-,27-25-,30-29-. The van der Waals surface area contributed by atoms with Crippen LogP contribution in [0.1, 0.15) is 348 Å². The molecule has 492 valence electrons. The van der Waals surface area contributed by atoms with Crippen molar-refractivity contribution < 1.29 is 42.1 Å². The van der Waals surface area contributed by atoms with Crippen LogP contribution in [0.25, 0.3) is 0 Å². The second-order valence-corrected chi connectivity index (χ2v) is 27.1. The molecule has 0 aromatic heterocycles. The molecule has 2 unspecified atom stereocenters. The summed E-state index contributed by atoms with van der Waals surface area (Å²) in [5.74, 6) is -0.787. The van der Waals surface area contributed by atoms with Crippen molar-refractivity contribution in [3.63, 3.8) is 0 Å². The maximum absolute atomic E-state index is 12.9. The van der Waals surface area contributed by atoms with Crippen LogP contribution in [0, 0.1) is 0 Å². The predicted molar refractivity (Wildman–Crippen MR) is 363 cm³/mol. The monoisotopic (exact) mass is 1200 g/mol. The van der Waals surface area contributed by atoms with E-state index in [2.05, 4.69) is 74.6 Å². The third-order valence-electron chi connectivity index (χ3n) is 16.0. The third kappa shape index (κ3) is 68.8. The molecule has 1 N–H and O–H groups in total. The third-order valence-corrected chi connectivity index (χ3v) is 17.0. The van der Waals surface area contributed by atoms with E-state index in [4.69, 9.17) is 18.5 Å². The van der Waals surface area contributed by atoms with Crippen LogP contribution in [0.2, 0.25) is 0 Å². The Kier molecular flexibility index (Phi) is 63.4. The van der Waals surface area contributed by atoms with Crippen molar-refractivity contribution >= 4 is 19.8 Å². The molecule has 9 nitrogen and oxygen atoms in total. The summed E-state index contributed by atoms with van der Waals surface area (Å²) in [6.07, 6.45) is 86.3. The first-order chi connectivity index (χ1) is 41.0. The van der Waals surface area contributed by atoms with E-state index in [0.717, 1.165) is 51.4 Å². The van der Waals surface area contributed by atoms with E-state index < -0.39 is 26.5 Å². The molecule has 0 aromatic rings. The molecule has 0 heterocycles. The molecule has 0 aromatic carbocycles. The van der Waals surface area contributed by atoms with Gasteiger partial charge in [-0.3, -0.25) is 18.6 Å². The molecule has 0 rings (SSSR count). The minimum Gasteiger partial charge on any atom is -0.462 e. The van der Waals surface area contributed by atoms with Gasteiger partial charge in [0.1, 0.15) is 19.8 Å². The maximum Gasteiger partial charge on any atom is 0.472 e. The molecular weight excluding hydrogens is 1060 g/mol. The Morgan fingerprint density at radius 2 is 0.643 bits per heavy atom. The number of allylic oxidation sites excluding steroid dienone is 10. The smallest absolute Gasteiger partial charge is 0.462 e. The lowest BCUT2D eigenvalue weighted by molar-refractivity contribution is -0.870. The highest BCUT2D eigenvalue weighted by Crippen LogP contribution is 2.43. The fourth-order valence-corrected chi connectivity index (χ4v) is 11.2. The molecule has 0 amide bonds. The van der Waals surface area contributed by atoms with Crippen LogP contribution >= 0.6 is 7.82 Å². The largest absolute Gasteiger partial charge is 0.472 e. The van der Waals surface area contributed by atoms with E-state index in [1.54, 1.807) is 0 Å². The van der Waals surface area contributed by atoms with Crippen LogP contribution in [0.4, 0.5) is 0 Å². The zero-order valence-electron chi connectivity index (χ0n) is 56.1. The molecule has 10 heteroatoms. The number of likely N-dealkylation sites (N-methyl/N-ethyl adjacent to an activating group) is 1. The Labute approximate surface area is 521 Å². The Hall–Kier alpha value is -2.29. The van der Waals surface area contributed by atoms with Gasteiger partial charge in [-0.2, -0.15) is 0 Å². The highest BCUT2D eigenvalue weighted by atomic mass is 31.2. The molecule has 0 spiro atoms. The maximum atomic E-state index is 12.9. The number of carbonyl (C=O) groups excluding carboxylic acids is 2. The Balaban J connectivity index is 3.94. The molecule has 0 saturated heterocycles. The minimum atomic E-state index is -4.39. The van der Waals surface area contributed by atoms with Gasteiger partial charge in [0.25, 0.3) is 0 Å². The van der Waals surface area contributed by atoms with Gasteiger partial charge >= 0.3 is 19.8 Å². The first-order valence-electron chi connectivity index (χ1n) is 36.0. The zero-order valence-corrected chi connectivity index (χ0v) is 57.0. The highest BCUT2D eigenvalue weighted by molar-refractivity contribution is 7.47. The minimum absolute atomic E-state index is 0.0318. The molecule has 84 heavy (non-hydrogen) atoms. The average Bonchev–Trinajstić information content (AvgIpc) is 3.61. The topological polar surface area (TPSA) is 108 Å². The fourth-order valence-electron chi connectivity index (χ4n) is 10.5. The quantitative estimate of drug-likeness (QED) is 0.0211. The number of rotatable bonds is 67. The van der Waals surface area contributed by atoms with Gasteiger partial charge in [0.05, 0.1) is 27.7 Å². The fraction of sp³-hybridized carbons (Fsp3) is 0.838. The van der Waals surface area contributed by atoms with Gasteiger partial charge in [0, 0.05) is 12.8 Å². The number of phosphoric acid groups is 1. The van der Waals surface area contributed by atoms with Crippen LogP contribution in [0.15, 0.2) is 60.8 Å². The number of hydrogen-bond acceptors (Lipinski definition) is 7. The number of esters is 2. The van der Waals surface area contributed by atoms with Gasteiger partial charge in [-0.05, 0) is 83.5 Å². The van der Waals surface area contributed by atoms with Crippen molar-refractivity contribution in [1.82, 2.24) is 0 Å². The lowest BCUT2D eigenvalue weighted by Gasteiger charge is -2.24. The van der Waals surface area contributed by atoms with Gasteiger partial charge in [0.2, 0.25) is 0 Å². The van der Waals surface area contributed by atoms with E-state index in [-0.39, 0.29) is 32.0 Å². The molecule has 0 bridgehead atoms. The highest BCUT2D eigenvalue weighted by Gasteiger charge is 2.27. The molecule has 0 aliphatic heterocycles. The average molecular weight is 1200 g/mol. The van der Waals surface area contributed by atoms with Crippen molar-refractivity contribution in [3.05, 3.63) is 60.8 Å². The van der Waals surface area contributed by atoms with Gasteiger partial charge < -0.3 is 18.9 Å². The summed E-state index contributed by atoms with van der Waals surface area (Å²) in [4.78, 5) is 35.8. The summed E-state index contributed by atoms with van der Waals surface area (Å²) < 4.78 is 34.7. The Morgan fingerprint density at radius 3 is 0.952 bits per heavy atom. The molecule has 0 fully saturated rings. The lowest BCUT2D eigenvalue weighted by atomic mass is 10.0. The van der Waals surface area contributed by atoms with E-state index in [1.807, 2.05) is 21.1 Å². The van der Waals surface area contributed by atoms with Gasteiger partial charge in [-0.25, -0.2) is 4.57 Å². The van der Waals surface area contributed by atoms with E-state index >= 15 is 0 Å². The van der Waals surface area contributed by atoms with Crippen molar-refractivity contribution in [1.29, 1.82) is 0 Å². The molecule has 0 radical (unpaired) electrons. The van der Waals surface area contributed by atoms with Gasteiger partial charge in [-0.15, -0.1) is 0 Å². The van der Waals surface area contributed by atoms with Gasteiger partial charge in [0.15, 0.2) is 6.10 Å². The summed E-state index contributed by atoms with van der Waals surface area (Å²) in [6.45, 7) is 4.45. The first kappa shape index (κ1) is 81.7.